The molecule has 1 amide bonds. The summed E-state index contributed by atoms with van der Waals surface area (Å²) in [7, 11) is 3.21. The predicted molar refractivity (Wildman–Crippen MR) is 144 cm³/mol. The van der Waals surface area contributed by atoms with Gasteiger partial charge in [-0.15, -0.1) is 0 Å². The third kappa shape index (κ3) is 5.09. The van der Waals surface area contributed by atoms with Crippen molar-refractivity contribution in [3.05, 3.63) is 132 Å². The molecule has 0 unspecified atom stereocenters. The van der Waals surface area contributed by atoms with Gasteiger partial charge in [0.1, 0.15) is 17.2 Å². The average molecular weight is 490 g/mol. The summed E-state index contributed by atoms with van der Waals surface area (Å²) in [6.45, 7) is 0. The number of carbonyl (C=O) groups excluding carboxylic acids is 1. The maximum Gasteiger partial charge on any atom is 0.270 e. The van der Waals surface area contributed by atoms with Crippen molar-refractivity contribution in [2.75, 3.05) is 14.2 Å². The average Bonchev–Trinajstić information content (AvgIpc) is 3.42. The van der Waals surface area contributed by atoms with Crippen LogP contribution < -0.4 is 14.8 Å². The number of ether oxygens (including phenoxy) is 2. The molecule has 184 valence electrons. The highest BCUT2D eigenvalue weighted by molar-refractivity contribution is 5.95. The first-order valence-corrected chi connectivity index (χ1v) is 12.0. The van der Waals surface area contributed by atoms with Crippen molar-refractivity contribution in [1.82, 2.24) is 15.1 Å². The Morgan fingerprint density at radius 2 is 1.35 bits per heavy atom. The van der Waals surface area contributed by atoms with Crippen LogP contribution in [0, 0.1) is 0 Å². The molecule has 0 saturated heterocycles. The van der Waals surface area contributed by atoms with Gasteiger partial charge in [0.05, 0.1) is 31.6 Å². The standard InChI is InChI=1S/C31H27N3O3/c1-36-25-18-19-26(29(20-25)37-2)27-21-28(34(33-27)24-16-10-5-11-17-24)31(35)32-30(22-12-6-3-7-13-22)23-14-8-4-9-15-23/h3-21,30H,1-2H3,(H,32,35). The van der Waals surface area contributed by atoms with E-state index >= 15 is 0 Å². The fourth-order valence-corrected chi connectivity index (χ4v) is 4.31. The highest BCUT2D eigenvalue weighted by Crippen LogP contribution is 2.34. The zero-order valence-corrected chi connectivity index (χ0v) is 20.7. The number of para-hydroxylation sites is 1. The van der Waals surface area contributed by atoms with Crippen LogP contribution in [-0.2, 0) is 0 Å². The van der Waals surface area contributed by atoms with Crippen LogP contribution >= 0.6 is 0 Å². The molecule has 5 rings (SSSR count). The summed E-state index contributed by atoms with van der Waals surface area (Å²) in [4.78, 5) is 13.9. The van der Waals surface area contributed by atoms with E-state index in [0.29, 0.717) is 22.9 Å². The van der Waals surface area contributed by atoms with Crippen LogP contribution in [0.3, 0.4) is 0 Å². The molecular weight excluding hydrogens is 462 g/mol. The lowest BCUT2D eigenvalue weighted by molar-refractivity contribution is 0.0935. The first kappa shape index (κ1) is 23.9. The molecule has 0 saturated carbocycles. The van der Waals surface area contributed by atoms with Crippen LogP contribution in [0.4, 0.5) is 0 Å². The third-order valence-electron chi connectivity index (χ3n) is 6.17. The molecule has 0 radical (unpaired) electrons. The van der Waals surface area contributed by atoms with Crippen LogP contribution in [0.25, 0.3) is 16.9 Å². The van der Waals surface area contributed by atoms with Crippen molar-refractivity contribution in [2.45, 2.75) is 6.04 Å². The summed E-state index contributed by atoms with van der Waals surface area (Å²) in [5.74, 6) is 1.04. The molecule has 0 aliphatic carbocycles. The highest BCUT2D eigenvalue weighted by atomic mass is 16.5. The maximum absolute atomic E-state index is 13.9. The fraction of sp³-hybridized carbons (Fsp3) is 0.0968. The van der Waals surface area contributed by atoms with E-state index in [1.54, 1.807) is 31.0 Å². The summed E-state index contributed by atoms with van der Waals surface area (Å²) >= 11 is 0. The molecule has 0 atom stereocenters. The lowest BCUT2D eigenvalue weighted by Gasteiger charge is -2.20. The third-order valence-corrected chi connectivity index (χ3v) is 6.17. The Morgan fingerprint density at radius 3 is 1.92 bits per heavy atom. The Kier molecular flexibility index (Phi) is 6.99. The summed E-state index contributed by atoms with van der Waals surface area (Å²) in [5, 5.41) is 8.06. The number of nitrogens with zero attached hydrogens (tertiary/aromatic N) is 2. The van der Waals surface area contributed by atoms with Crippen LogP contribution in [0.15, 0.2) is 115 Å². The van der Waals surface area contributed by atoms with E-state index < -0.39 is 0 Å². The number of rotatable bonds is 8. The maximum atomic E-state index is 13.9. The van der Waals surface area contributed by atoms with Gasteiger partial charge in [0, 0.05) is 11.6 Å². The predicted octanol–water partition coefficient (Wildman–Crippen LogP) is 6.08. The van der Waals surface area contributed by atoms with Crippen molar-refractivity contribution in [3.63, 3.8) is 0 Å². The van der Waals surface area contributed by atoms with E-state index in [1.165, 1.54) is 0 Å². The second kappa shape index (κ2) is 10.8. The number of benzene rings is 4. The van der Waals surface area contributed by atoms with Gasteiger partial charge in [-0.1, -0.05) is 78.9 Å². The van der Waals surface area contributed by atoms with E-state index in [4.69, 9.17) is 14.6 Å². The number of hydrogen-bond acceptors (Lipinski definition) is 4. The monoisotopic (exact) mass is 489 g/mol. The molecule has 5 aromatic rings. The number of hydrogen-bond donors (Lipinski definition) is 1. The van der Waals surface area contributed by atoms with Crippen molar-refractivity contribution >= 4 is 5.91 Å². The van der Waals surface area contributed by atoms with Crippen molar-refractivity contribution in [1.29, 1.82) is 0 Å². The molecule has 0 bridgehead atoms. The number of amides is 1. The zero-order chi connectivity index (χ0) is 25.6. The molecule has 37 heavy (non-hydrogen) atoms. The SMILES string of the molecule is COc1ccc(-c2cc(C(=O)NC(c3ccccc3)c3ccccc3)n(-c3ccccc3)n2)c(OC)c1. The van der Waals surface area contributed by atoms with Gasteiger partial charge in [-0.3, -0.25) is 4.79 Å². The molecule has 0 aliphatic rings. The molecule has 1 N–H and O–H groups in total. The van der Waals surface area contributed by atoms with E-state index in [-0.39, 0.29) is 11.9 Å². The van der Waals surface area contributed by atoms with E-state index in [2.05, 4.69) is 5.32 Å². The number of nitrogens with one attached hydrogen (secondary N) is 1. The van der Waals surface area contributed by atoms with Gasteiger partial charge in [0.15, 0.2) is 0 Å². The second-order valence-corrected chi connectivity index (χ2v) is 8.46. The molecule has 1 heterocycles. The van der Waals surface area contributed by atoms with Gasteiger partial charge in [0.2, 0.25) is 0 Å². The van der Waals surface area contributed by atoms with Crippen molar-refractivity contribution in [2.24, 2.45) is 0 Å². The largest absolute Gasteiger partial charge is 0.497 e. The summed E-state index contributed by atoms with van der Waals surface area (Å²) in [6, 6.07) is 36.5. The Morgan fingerprint density at radius 1 is 0.757 bits per heavy atom. The highest BCUT2D eigenvalue weighted by Gasteiger charge is 2.23. The molecule has 0 spiro atoms. The summed E-state index contributed by atoms with van der Waals surface area (Å²) < 4.78 is 12.6. The van der Waals surface area contributed by atoms with E-state index in [1.807, 2.05) is 103 Å². The minimum absolute atomic E-state index is 0.243. The Labute approximate surface area is 216 Å². The molecule has 6 nitrogen and oxygen atoms in total. The minimum atomic E-state index is -0.326. The van der Waals surface area contributed by atoms with Gasteiger partial charge in [-0.05, 0) is 41.5 Å². The van der Waals surface area contributed by atoms with Crippen LogP contribution in [0.1, 0.15) is 27.7 Å². The molecule has 6 heteroatoms. The number of methoxy groups -OCH3 is 2. The molecule has 0 fully saturated rings. The fourth-order valence-electron chi connectivity index (χ4n) is 4.31. The summed E-state index contributed by atoms with van der Waals surface area (Å²) in [6.07, 6.45) is 0. The van der Waals surface area contributed by atoms with Gasteiger partial charge in [-0.2, -0.15) is 5.10 Å². The molecule has 4 aromatic carbocycles. The number of aromatic nitrogens is 2. The van der Waals surface area contributed by atoms with Gasteiger partial charge < -0.3 is 14.8 Å². The second-order valence-electron chi connectivity index (χ2n) is 8.46. The van der Waals surface area contributed by atoms with Crippen molar-refractivity contribution in [3.8, 4) is 28.4 Å². The van der Waals surface area contributed by atoms with Gasteiger partial charge in [-0.25, -0.2) is 4.68 Å². The van der Waals surface area contributed by atoms with Crippen LogP contribution in [0.5, 0.6) is 11.5 Å². The molecular formula is C31H27N3O3. The molecule has 0 aliphatic heterocycles. The van der Waals surface area contributed by atoms with E-state index in [9.17, 15) is 4.79 Å². The number of carbonyl (C=O) groups is 1. The minimum Gasteiger partial charge on any atom is -0.497 e. The van der Waals surface area contributed by atoms with Crippen molar-refractivity contribution < 1.29 is 14.3 Å². The van der Waals surface area contributed by atoms with Crippen LogP contribution in [-0.4, -0.2) is 29.9 Å². The normalized spacial score (nSPS) is 10.8. The Hall–Kier alpha value is -4.84. The quantitative estimate of drug-likeness (QED) is 0.287. The zero-order valence-electron chi connectivity index (χ0n) is 20.7. The van der Waals surface area contributed by atoms with E-state index in [0.717, 1.165) is 22.4 Å². The first-order chi connectivity index (χ1) is 18.2. The van der Waals surface area contributed by atoms with Gasteiger partial charge in [0.25, 0.3) is 5.91 Å². The molecule has 1 aromatic heterocycles. The Bertz CT molecular complexity index is 1440. The van der Waals surface area contributed by atoms with Gasteiger partial charge >= 0.3 is 0 Å². The Balaban J connectivity index is 1.58. The summed E-state index contributed by atoms with van der Waals surface area (Å²) in [5.41, 5.74) is 4.55. The smallest absolute Gasteiger partial charge is 0.270 e. The lowest BCUT2D eigenvalue weighted by atomic mass is 9.98. The first-order valence-electron chi connectivity index (χ1n) is 12.0. The topological polar surface area (TPSA) is 65.4 Å². The van der Waals surface area contributed by atoms with Crippen LogP contribution in [0.2, 0.25) is 0 Å². The lowest BCUT2D eigenvalue weighted by Crippen LogP contribution is -2.31.